The molecule has 0 fully saturated rings. The molecular formula is C11H11ClF3NO2. The first-order valence-electron chi connectivity index (χ1n) is 5.05. The normalized spacial score (nSPS) is 12.3. The summed E-state index contributed by atoms with van der Waals surface area (Å²) < 4.78 is 41.0. The van der Waals surface area contributed by atoms with Gasteiger partial charge < -0.3 is 10.1 Å². The molecule has 0 aliphatic carbocycles. The molecule has 3 nitrogen and oxygen atoms in total. The van der Waals surface area contributed by atoms with E-state index in [2.05, 4.69) is 10.1 Å². The van der Waals surface area contributed by atoms with Gasteiger partial charge in [0.2, 0.25) is 5.91 Å². The van der Waals surface area contributed by atoms with Crippen LogP contribution in [-0.4, -0.2) is 18.4 Å². The van der Waals surface area contributed by atoms with Crippen LogP contribution in [0.15, 0.2) is 18.2 Å². The molecule has 0 spiro atoms. The van der Waals surface area contributed by atoms with E-state index < -0.39 is 24.1 Å². The first-order valence-corrected chi connectivity index (χ1v) is 5.58. The van der Waals surface area contributed by atoms with Gasteiger partial charge in [0.1, 0.15) is 0 Å². The summed E-state index contributed by atoms with van der Waals surface area (Å²) in [6, 6.07) is 3.18. The summed E-state index contributed by atoms with van der Waals surface area (Å²) in [7, 11) is 0. The maximum atomic E-state index is 13.3. The second kappa shape index (κ2) is 6.49. The van der Waals surface area contributed by atoms with Crippen molar-refractivity contribution in [2.75, 3.05) is 11.2 Å². The Morgan fingerprint density at radius 2 is 2.17 bits per heavy atom. The topological polar surface area (TPSA) is 38.3 Å². The predicted octanol–water partition coefficient (Wildman–Crippen LogP) is 3.24. The summed E-state index contributed by atoms with van der Waals surface area (Å²) in [6.45, 7) is -1.50. The molecule has 1 atom stereocenters. The van der Waals surface area contributed by atoms with Crippen LogP contribution in [0.2, 0.25) is 0 Å². The molecule has 1 aromatic rings. The monoisotopic (exact) mass is 281 g/mol. The maximum absolute atomic E-state index is 13.3. The van der Waals surface area contributed by atoms with Gasteiger partial charge in [0.05, 0.1) is 0 Å². The quantitative estimate of drug-likeness (QED) is 0.842. The Balaban J connectivity index is 2.75. The van der Waals surface area contributed by atoms with E-state index in [4.69, 9.17) is 11.6 Å². The van der Waals surface area contributed by atoms with Crippen molar-refractivity contribution in [3.05, 3.63) is 24.0 Å². The van der Waals surface area contributed by atoms with E-state index in [1.165, 1.54) is 6.07 Å². The first-order chi connectivity index (χ1) is 8.43. The average Bonchev–Trinajstić information content (AvgIpc) is 2.31. The lowest BCUT2D eigenvalue weighted by molar-refractivity contribution is -0.118. The number of hydrogen-bond donors (Lipinski definition) is 1. The molecule has 0 bridgehead atoms. The van der Waals surface area contributed by atoms with Crippen LogP contribution >= 0.6 is 11.6 Å². The van der Waals surface area contributed by atoms with Gasteiger partial charge in [-0.15, -0.1) is 11.6 Å². The minimum atomic E-state index is -3.10. The van der Waals surface area contributed by atoms with Gasteiger partial charge in [-0.2, -0.15) is 8.78 Å². The van der Waals surface area contributed by atoms with Crippen molar-refractivity contribution in [3.63, 3.8) is 0 Å². The Bertz CT molecular complexity index is 429. The van der Waals surface area contributed by atoms with Crippen molar-refractivity contribution in [1.29, 1.82) is 0 Å². The number of anilines is 1. The van der Waals surface area contributed by atoms with Gasteiger partial charge in [-0.05, 0) is 12.1 Å². The van der Waals surface area contributed by atoms with Crippen molar-refractivity contribution in [1.82, 2.24) is 0 Å². The molecule has 0 aliphatic heterocycles. The SMILES string of the molecule is CC(CCl)C(=O)Nc1ccc(OC(F)F)c(F)c1. The number of carbonyl (C=O) groups excluding carboxylic acids is 1. The Morgan fingerprint density at radius 3 is 2.67 bits per heavy atom. The lowest BCUT2D eigenvalue weighted by Gasteiger charge is -2.11. The van der Waals surface area contributed by atoms with Crippen LogP contribution < -0.4 is 10.1 Å². The zero-order chi connectivity index (χ0) is 13.7. The van der Waals surface area contributed by atoms with Crippen LogP contribution in [0.5, 0.6) is 5.75 Å². The highest BCUT2D eigenvalue weighted by Crippen LogP contribution is 2.23. The molecule has 0 aliphatic rings. The molecule has 18 heavy (non-hydrogen) atoms. The van der Waals surface area contributed by atoms with Crippen LogP contribution in [0.1, 0.15) is 6.92 Å². The molecule has 1 rings (SSSR count). The van der Waals surface area contributed by atoms with E-state index in [1.807, 2.05) is 0 Å². The van der Waals surface area contributed by atoms with Gasteiger partial charge in [-0.25, -0.2) is 4.39 Å². The highest BCUT2D eigenvalue weighted by molar-refractivity contribution is 6.19. The third-order valence-corrected chi connectivity index (χ3v) is 2.56. The van der Waals surface area contributed by atoms with Crippen molar-refractivity contribution in [2.45, 2.75) is 13.5 Å². The van der Waals surface area contributed by atoms with E-state index in [0.29, 0.717) is 0 Å². The number of amides is 1. The van der Waals surface area contributed by atoms with E-state index in [1.54, 1.807) is 6.92 Å². The van der Waals surface area contributed by atoms with Gasteiger partial charge in [-0.1, -0.05) is 6.92 Å². The van der Waals surface area contributed by atoms with Crippen LogP contribution in [0.3, 0.4) is 0 Å². The van der Waals surface area contributed by atoms with E-state index >= 15 is 0 Å². The largest absolute Gasteiger partial charge is 0.432 e. The number of ether oxygens (including phenoxy) is 1. The highest BCUT2D eigenvalue weighted by atomic mass is 35.5. The average molecular weight is 282 g/mol. The van der Waals surface area contributed by atoms with Crippen molar-refractivity contribution >= 4 is 23.2 Å². The summed E-state index contributed by atoms with van der Waals surface area (Å²) in [5, 5.41) is 2.41. The minimum Gasteiger partial charge on any atom is -0.432 e. The molecule has 0 saturated carbocycles. The number of rotatable bonds is 5. The number of hydrogen-bond acceptors (Lipinski definition) is 2. The minimum absolute atomic E-state index is 0.126. The second-order valence-corrected chi connectivity index (χ2v) is 3.88. The highest BCUT2D eigenvalue weighted by Gasteiger charge is 2.14. The third kappa shape index (κ3) is 4.10. The van der Waals surface area contributed by atoms with Crippen LogP contribution in [0.25, 0.3) is 0 Å². The zero-order valence-corrected chi connectivity index (χ0v) is 10.2. The summed E-state index contributed by atoms with van der Waals surface area (Å²) in [4.78, 5) is 11.4. The van der Waals surface area contributed by atoms with Gasteiger partial charge in [0.15, 0.2) is 11.6 Å². The van der Waals surface area contributed by atoms with Crippen LogP contribution in [0, 0.1) is 11.7 Å². The van der Waals surface area contributed by atoms with E-state index in [-0.39, 0.29) is 17.5 Å². The van der Waals surface area contributed by atoms with Gasteiger partial charge in [0, 0.05) is 23.6 Å². The van der Waals surface area contributed by atoms with Gasteiger partial charge in [-0.3, -0.25) is 4.79 Å². The standard InChI is InChI=1S/C11H11ClF3NO2/c1-6(5-12)10(17)16-7-2-3-9(8(13)4-7)18-11(14)15/h2-4,6,11H,5H2,1H3,(H,16,17). The number of benzene rings is 1. The number of alkyl halides is 3. The fraction of sp³-hybridized carbons (Fsp3) is 0.364. The molecule has 1 aromatic carbocycles. The summed E-state index contributed by atoms with van der Waals surface area (Å²) in [6.07, 6.45) is 0. The molecule has 0 saturated heterocycles. The summed E-state index contributed by atoms with van der Waals surface area (Å²) in [5.74, 6) is -2.25. The fourth-order valence-electron chi connectivity index (χ4n) is 1.11. The molecule has 1 amide bonds. The zero-order valence-electron chi connectivity index (χ0n) is 9.42. The predicted molar refractivity (Wildman–Crippen MR) is 61.5 cm³/mol. The van der Waals surface area contributed by atoms with E-state index in [0.717, 1.165) is 12.1 Å². The van der Waals surface area contributed by atoms with Crippen LogP contribution in [0.4, 0.5) is 18.9 Å². The lowest BCUT2D eigenvalue weighted by Crippen LogP contribution is -2.21. The summed E-state index contributed by atoms with van der Waals surface area (Å²) in [5.41, 5.74) is 0.149. The molecule has 1 unspecified atom stereocenters. The van der Waals surface area contributed by atoms with Crippen molar-refractivity contribution in [2.24, 2.45) is 5.92 Å². The molecule has 100 valence electrons. The molecule has 7 heteroatoms. The molecular weight excluding hydrogens is 271 g/mol. The number of halogens is 4. The lowest BCUT2D eigenvalue weighted by atomic mass is 10.2. The number of nitrogens with one attached hydrogen (secondary N) is 1. The Kier molecular flexibility index (Phi) is 5.27. The summed E-state index contributed by atoms with van der Waals surface area (Å²) >= 11 is 5.49. The first kappa shape index (κ1) is 14.6. The molecule has 0 radical (unpaired) electrons. The maximum Gasteiger partial charge on any atom is 0.387 e. The molecule has 1 N–H and O–H groups in total. The molecule has 0 aromatic heterocycles. The van der Waals surface area contributed by atoms with E-state index in [9.17, 15) is 18.0 Å². The third-order valence-electron chi connectivity index (χ3n) is 2.09. The van der Waals surface area contributed by atoms with Gasteiger partial charge >= 0.3 is 6.61 Å². The number of carbonyl (C=O) groups is 1. The van der Waals surface area contributed by atoms with Crippen molar-refractivity contribution < 1.29 is 22.7 Å². The van der Waals surface area contributed by atoms with Crippen molar-refractivity contribution in [3.8, 4) is 5.75 Å². The fourth-order valence-corrected chi connectivity index (χ4v) is 1.25. The Labute approximate surface area is 107 Å². The Hall–Kier alpha value is -1.43. The molecule has 0 heterocycles. The van der Waals surface area contributed by atoms with Gasteiger partial charge in [0.25, 0.3) is 0 Å². The Morgan fingerprint density at radius 1 is 1.50 bits per heavy atom. The van der Waals surface area contributed by atoms with Crippen LogP contribution in [-0.2, 0) is 4.79 Å². The smallest absolute Gasteiger partial charge is 0.387 e. The second-order valence-electron chi connectivity index (χ2n) is 3.57.